The zero-order valence-corrected chi connectivity index (χ0v) is 17.0. The molecule has 9 nitrogen and oxygen atoms in total. The van der Waals surface area contributed by atoms with Crippen LogP contribution in [0, 0.1) is 12.7 Å². The molecule has 0 fully saturated rings. The number of hydrogen-bond acceptors (Lipinski definition) is 7. The van der Waals surface area contributed by atoms with Crippen LogP contribution >= 0.6 is 0 Å². The summed E-state index contributed by atoms with van der Waals surface area (Å²) >= 11 is 0. The summed E-state index contributed by atoms with van der Waals surface area (Å²) in [7, 11) is 0. The minimum Gasteiger partial charge on any atom is -0.382 e. The summed E-state index contributed by atoms with van der Waals surface area (Å²) in [5.41, 5.74) is 9.18. The molecule has 0 aliphatic carbocycles. The van der Waals surface area contributed by atoms with Crippen molar-refractivity contribution in [2.24, 2.45) is 0 Å². The fourth-order valence-electron chi connectivity index (χ4n) is 3.18. The first-order valence-electron chi connectivity index (χ1n) is 9.64. The lowest BCUT2D eigenvalue weighted by Gasteiger charge is -2.13. The van der Waals surface area contributed by atoms with Crippen molar-refractivity contribution in [1.82, 2.24) is 25.1 Å². The largest absolute Gasteiger partial charge is 0.382 e. The highest BCUT2D eigenvalue weighted by Crippen LogP contribution is 2.26. The number of para-hydroxylation sites is 1. The van der Waals surface area contributed by atoms with Gasteiger partial charge in [0.15, 0.2) is 11.5 Å². The molecule has 3 N–H and O–H groups in total. The molecule has 0 atom stereocenters. The molecule has 4 rings (SSSR count). The van der Waals surface area contributed by atoms with E-state index < -0.39 is 5.82 Å². The molecule has 31 heavy (non-hydrogen) atoms. The van der Waals surface area contributed by atoms with Crippen molar-refractivity contribution < 1.29 is 13.7 Å². The number of hydrogen-bond donors (Lipinski definition) is 2. The van der Waals surface area contributed by atoms with Gasteiger partial charge < -0.3 is 15.6 Å². The second-order valence-corrected chi connectivity index (χ2v) is 6.89. The van der Waals surface area contributed by atoms with Crippen LogP contribution in [-0.2, 0) is 17.8 Å². The van der Waals surface area contributed by atoms with Crippen molar-refractivity contribution in [3.8, 4) is 23.0 Å². The van der Waals surface area contributed by atoms with Crippen LogP contribution in [-0.4, -0.2) is 31.0 Å². The molecule has 2 aromatic heterocycles. The number of nitrogens with two attached hydrogens (primary N) is 1. The Morgan fingerprint density at radius 1 is 1.23 bits per heavy atom. The fraction of sp³-hybridized carbons (Fsp3) is 0.190. The maximum atomic E-state index is 14.0. The zero-order valence-electron chi connectivity index (χ0n) is 17.0. The van der Waals surface area contributed by atoms with E-state index >= 15 is 0 Å². The van der Waals surface area contributed by atoms with Crippen LogP contribution in [0.2, 0.25) is 0 Å². The number of aromatic nitrogens is 5. The molecule has 0 spiro atoms. The van der Waals surface area contributed by atoms with Gasteiger partial charge in [0.2, 0.25) is 11.7 Å². The van der Waals surface area contributed by atoms with Crippen LogP contribution in [0.4, 0.5) is 15.9 Å². The lowest BCUT2D eigenvalue weighted by molar-refractivity contribution is -0.116. The van der Waals surface area contributed by atoms with Crippen molar-refractivity contribution in [1.29, 1.82) is 0 Å². The van der Waals surface area contributed by atoms with E-state index in [2.05, 4.69) is 25.8 Å². The van der Waals surface area contributed by atoms with Crippen LogP contribution in [0.15, 0.2) is 47.0 Å². The summed E-state index contributed by atoms with van der Waals surface area (Å²) in [6.07, 6.45) is 0.786. The van der Waals surface area contributed by atoms with Gasteiger partial charge >= 0.3 is 0 Å². The van der Waals surface area contributed by atoms with Crippen LogP contribution in [0.25, 0.3) is 23.0 Å². The Bertz CT molecular complexity index is 1250. The lowest BCUT2D eigenvalue weighted by Crippen LogP contribution is -2.21. The van der Waals surface area contributed by atoms with Gasteiger partial charge in [-0.1, -0.05) is 47.6 Å². The third-order valence-electron chi connectivity index (χ3n) is 4.81. The molecule has 0 radical (unpaired) electrons. The number of benzene rings is 2. The van der Waals surface area contributed by atoms with E-state index in [0.717, 1.165) is 23.2 Å². The van der Waals surface area contributed by atoms with Gasteiger partial charge in [0.05, 0.1) is 5.56 Å². The van der Waals surface area contributed by atoms with Crippen LogP contribution in [0.1, 0.15) is 18.1 Å². The van der Waals surface area contributed by atoms with Crippen LogP contribution < -0.4 is 11.1 Å². The Balaban J connectivity index is 1.53. The third-order valence-corrected chi connectivity index (χ3v) is 4.81. The molecule has 2 aromatic carbocycles. The number of halogens is 1. The molecular weight excluding hydrogens is 401 g/mol. The summed E-state index contributed by atoms with van der Waals surface area (Å²) in [6.45, 7) is 3.80. The number of anilines is 2. The Morgan fingerprint density at radius 2 is 2.03 bits per heavy atom. The molecule has 0 aliphatic heterocycles. The highest BCUT2D eigenvalue weighted by Gasteiger charge is 2.21. The molecule has 158 valence electrons. The number of nitrogens with one attached hydrogen (secondary N) is 1. The van der Waals surface area contributed by atoms with Gasteiger partial charge in [-0.25, -0.2) is 9.07 Å². The van der Waals surface area contributed by atoms with Gasteiger partial charge in [-0.3, -0.25) is 4.79 Å². The van der Waals surface area contributed by atoms with Crippen molar-refractivity contribution in [2.75, 3.05) is 11.1 Å². The number of amides is 1. The Labute approximate surface area is 177 Å². The first kappa shape index (κ1) is 20.2. The van der Waals surface area contributed by atoms with E-state index in [1.54, 1.807) is 12.1 Å². The summed E-state index contributed by atoms with van der Waals surface area (Å²) in [5.74, 6) is -0.657. The third kappa shape index (κ3) is 4.00. The summed E-state index contributed by atoms with van der Waals surface area (Å²) in [6, 6.07) is 11.9. The molecule has 4 aromatic rings. The fourth-order valence-corrected chi connectivity index (χ4v) is 3.18. The topological polar surface area (TPSA) is 125 Å². The van der Waals surface area contributed by atoms with Crippen molar-refractivity contribution in [3.05, 3.63) is 59.4 Å². The minimum atomic E-state index is -0.481. The Hall–Kier alpha value is -4.08. The van der Waals surface area contributed by atoms with Crippen molar-refractivity contribution >= 4 is 17.4 Å². The monoisotopic (exact) mass is 421 g/mol. The van der Waals surface area contributed by atoms with E-state index in [1.807, 2.05) is 32.0 Å². The number of carbonyl (C=O) groups is 1. The predicted octanol–water partition coefficient (Wildman–Crippen LogP) is 3.23. The quantitative estimate of drug-likeness (QED) is 0.490. The van der Waals surface area contributed by atoms with Crippen molar-refractivity contribution in [3.63, 3.8) is 0 Å². The minimum absolute atomic E-state index is 0.0189. The van der Waals surface area contributed by atoms with Crippen LogP contribution in [0.5, 0.6) is 0 Å². The maximum Gasteiger partial charge on any atom is 0.282 e. The number of nitrogens with zero attached hydrogens (tertiary/aromatic N) is 5. The zero-order chi connectivity index (χ0) is 22.0. The van der Waals surface area contributed by atoms with E-state index in [-0.39, 0.29) is 41.2 Å². The van der Waals surface area contributed by atoms with Crippen LogP contribution in [0.3, 0.4) is 0 Å². The second-order valence-electron chi connectivity index (χ2n) is 6.89. The Morgan fingerprint density at radius 3 is 2.81 bits per heavy atom. The summed E-state index contributed by atoms with van der Waals surface area (Å²) in [5, 5.41) is 14.6. The molecule has 10 heteroatoms. The molecule has 0 saturated heterocycles. The molecular formula is C21H20FN7O2. The first-order chi connectivity index (χ1) is 15.0. The van der Waals surface area contributed by atoms with Gasteiger partial charge in [-0.15, -0.1) is 5.10 Å². The normalized spacial score (nSPS) is 10.9. The summed E-state index contributed by atoms with van der Waals surface area (Å²) in [4.78, 5) is 16.7. The molecule has 0 bridgehead atoms. The second kappa shape index (κ2) is 8.34. The predicted molar refractivity (Wildman–Crippen MR) is 112 cm³/mol. The van der Waals surface area contributed by atoms with Gasteiger partial charge in [-0.05, 0) is 36.6 Å². The van der Waals surface area contributed by atoms with E-state index in [9.17, 15) is 9.18 Å². The van der Waals surface area contributed by atoms with Gasteiger partial charge in [0.1, 0.15) is 12.4 Å². The SMILES string of the molecule is CCc1cccc(C)c1NC(=O)Cn1nnc(-c2nc(-c3ccccc3F)no2)c1N. The van der Waals surface area contributed by atoms with E-state index in [0.29, 0.717) is 0 Å². The van der Waals surface area contributed by atoms with Gasteiger partial charge in [-0.2, -0.15) is 4.98 Å². The lowest BCUT2D eigenvalue weighted by atomic mass is 10.1. The van der Waals surface area contributed by atoms with Crippen molar-refractivity contribution in [2.45, 2.75) is 26.8 Å². The van der Waals surface area contributed by atoms with Gasteiger partial charge in [0, 0.05) is 5.69 Å². The molecule has 0 saturated carbocycles. The van der Waals surface area contributed by atoms with E-state index in [4.69, 9.17) is 10.3 Å². The maximum absolute atomic E-state index is 14.0. The number of nitrogen functional groups attached to an aromatic ring is 1. The smallest absolute Gasteiger partial charge is 0.282 e. The number of carbonyl (C=O) groups excluding carboxylic acids is 1. The Kier molecular flexibility index (Phi) is 5.44. The van der Waals surface area contributed by atoms with Gasteiger partial charge in [0.25, 0.3) is 5.89 Å². The van der Waals surface area contributed by atoms with E-state index in [1.165, 1.54) is 16.8 Å². The molecule has 1 amide bonds. The first-order valence-corrected chi connectivity index (χ1v) is 9.64. The number of rotatable bonds is 6. The molecule has 0 unspecified atom stereocenters. The molecule has 0 aliphatic rings. The summed E-state index contributed by atoms with van der Waals surface area (Å²) < 4.78 is 20.4. The average molecular weight is 421 g/mol. The molecule has 2 heterocycles. The number of aryl methyl sites for hydroxylation is 2. The highest BCUT2D eigenvalue weighted by molar-refractivity contribution is 5.92. The standard InChI is InChI=1S/C21H20FN7O2/c1-3-13-8-6-7-12(2)17(13)24-16(30)11-29-19(23)18(26-28-29)21-25-20(27-31-21)14-9-4-5-10-15(14)22/h4-10H,3,11,23H2,1-2H3,(H,24,30). The average Bonchev–Trinajstić information content (AvgIpc) is 3.37. The highest BCUT2D eigenvalue weighted by atomic mass is 19.1.